The highest BCUT2D eigenvalue weighted by Gasteiger charge is 2.14. The smallest absolute Gasteiger partial charge is 0.0893 e. The average Bonchev–Trinajstić information content (AvgIpc) is 2.97. The van der Waals surface area contributed by atoms with Crippen LogP contribution in [0.25, 0.3) is 11.3 Å². The molecule has 1 atom stereocenters. The van der Waals surface area contributed by atoms with Gasteiger partial charge in [0.25, 0.3) is 0 Å². The second-order valence-corrected chi connectivity index (χ2v) is 4.78. The summed E-state index contributed by atoms with van der Waals surface area (Å²) in [6.45, 7) is 2.11. The van der Waals surface area contributed by atoms with Crippen molar-refractivity contribution in [3.05, 3.63) is 66.4 Å². The Kier molecular flexibility index (Phi) is 3.21. The summed E-state index contributed by atoms with van der Waals surface area (Å²) >= 11 is 0. The van der Waals surface area contributed by atoms with Gasteiger partial charge < -0.3 is 5.73 Å². The van der Waals surface area contributed by atoms with Gasteiger partial charge in [-0.05, 0) is 24.6 Å². The van der Waals surface area contributed by atoms with Crippen LogP contribution in [-0.4, -0.2) is 15.0 Å². The van der Waals surface area contributed by atoms with E-state index in [4.69, 9.17) is 5.73 Å². The van der Waals surface area contributed by atoms with Gasteiger partial charge >= 0.3 is 0 Å². The Hall–Kier alpha value is -2.62. The molecule has 4 heteroatoms. The van der Waals surface area contributed by atoms with Gasteiger partial charge in [0, 0.05) is 11.3 Å². The molecule has 0 bridgehead atoms. The molecule has 1 unspecified atom stereocenters. The molecule has 0 aliphatic heterocycles. The Bertz CT molecular complexity index is 703. The highest BCUT2D eigenvalue weighted by atomic mass is 15.4. The number of hydrogen-bond acceptors (Lipinski definition) is 3. The summed E-state index contributed by atoms with van der Waals surface area (Å²) in [5, 5.41) is 8.27. The predicted molar refractivity (Wildman–Crippen MR) is 80.1 cm³/mol. The molecule has 0 aliphatic rings. The van der Waals surface area contributed by atoms with E-state index >= 15 is 0 Å². The second kappa shape index (κ2) is 5.17. The molecule has 2 N–H and O–H groups in total. The molecule has 3 aromatic rings. The summed E-state index contributed by atoms with van der Waals surface area (Å²) < 4.78 is 1.92. The largest absolute Gasteiger partial charge is 0.399 e. The maximum atomic E-state index is 5.85. The lowest BCUT2D eigenvalue weighted by atomic mass is 10.1. The topological polar surface area (TPSA) is 56.7 Å². The Labute approximate surface area is 117 Å². The lowest BCUT2D eigenvalue weighted by molar-refractivity contribution is 0.548. The minimum atomic E-state index is 0.120. The summed E-state index contributed by atoms with van der Waals surface area (Å²) in [6, 6.07) is 18.1. The SMILES string of the molecule is CC(c1ccccc1)n1nncc1-c1cccc(N)c1. The minimum Gasteiger partial charge on any atom is -0.399 e. The molecular formula is C16H16N4. The molecule has 2 aromatic carbocycles. The van der Waals surface area contributed by atoms with Crippen LogP contribution >= 0.6 is 0 Å². The number of anilines is 1. The van der Waals surface area contributed by atoms with Gasteiger partial charge in [-0.25, -0.2) is 4.68 Å². The fourth-order valence-corrected chi connectivity index (χ4v) is 2.31. The van der Waals surface area contributed by atoms with Crippen LogP contribution in [0, 0.1) is 0 Å². The lowest BCUT2D eigenvalue weighted by Gasteiger charge is -2.15. The molecule has 0 aliphatic carbocycles. The third kappa shape index (κ3) is 2.28. The zero-order valence-corrected chi connectivity index (χ0v) is 11.3. The van der Waals surface area contributed by atoms with Crippen LogP contribution in [0.2, 0.25) is 0 Å². The van der Waals surface area contributed by atoms with Crippen molar-refractivity contribution in [3.8, 4) is 11.3 Å². The van der Waals surface area contributed by atoms with E-state index in [0.717, 1.165) is 16.9 Å². The van der Waals surface area contributed by atoms with Gasteiger partial charge in [0.15, 0.2) is 0 Å². The maximum absolute atomic E-state index is 5.85. The molecule has 1 heterocycles. The number of benzene rings is 2. The summed E-state index contributed by atoms with van der Waals surface area (Å²) in [7, 11) is 0. The van der Waals surface area contributed by atoms with Crippen LogP contribution < -0.4 is 5.73 Å². The number of hydrogen-bond donors (Lipinski definition) is 1. The van der Waals surface area contributed by atoms with Gasteiger partial charge in [-0.15, -0.1) is 5.10 Å². The van der Waals surface area contributed by atoms with E-state index in [-0.39, 0.29) is 6.04 Å². The maximum Gasteiger partial charge on any atom is 0.0893 e. The van der Waals surface area contributed by atoms with Crippen molar-refractivity contribution in [1.29, 1.82) is 0 Å². The Morgan fingerprint density at radius 2 is 1.85 bits per heavy atom. The molecule has 0 saturated carbocycles. The van der Waals surface area contributed by atoms with Gasteiger partial charge in [-0.2, -0.15) is 0 Å². The Balaban J connectivity index is 2.03. The van der Waals surface area contributed by atoms with E-state index in [9.17, 15) is 0 Å². The third-order valence-electron chi connectivity index (χ3n) is 3.41. The monoisotopic (exact) mass is 264 g/mol. The summed E-state index contributed by atoms with van der Waals surface area (Å²) in [5.41, 5.74) is 9.78. The molecule has 0 radical (unpaired) electrons. The second-order valence-electron chi connectivity index (χ2n) is 4.78. The molecule has 0 fully saturated rings. The van der Waals surface area contributed by atoms with Crippen molar-refractivity contribution < 1.29 is 0 Å². The van der Waals surface area contributed by atoms with Crippen molar-refractivity contribution in [1.82, 2.24) is 15.0 Å². The number of rotatable bonds is 3. The van der Waals surface area contributed by atoms with E-state index < -0.39 is 0 Å². The van der Waals surface area contributed by atoms with Crippen LogP contribution in [-0.2, 0) is 0 Å². The van der Waals surface area contributed by atoms with Crippen molar-refractivity contribution in [2.24, 2.45) is 0 Å². The molecule has 20 heavy (non-hydrogen) atoms. The molecular weight excluding hydrogens is 248 g/mol. The van der Waals surface area contributed by atoms with Gasteiger partial charge in [0.2, 0.25) is 0 Å². The molecule has 0 spiro atoms. The minimum absolute atomic E-state index is 0.120. The predicted octanol–water partition coefficient (Wildman–Crippen LogP) is 3.14. The number of aromatic nitrogens is 3. The first-order chi connectivity index (χ1) is 9.75. The first-order valence-electron chi connectivity index (χ1n) is 6.57. The highest BCUT2D eigenvalue weighted by molar-refractivity contribution is 5.63. The van der Waals surface area contributed by atoms with Crippen molar-refractivity contribution >= 4 is 5.69 Å². The molecule has 3 rings (SSSR count). The first kappa shape index (κ1) is 12.4. The number of nitrogens with two attached hydrogens (primary N) is 1. The number of nitrogen functional groups attached to an aromatic ring is 1. The van der Waals surface area contributed by atoms with Crippen molar-refractivity contribution in [2.75, 3.05) is 5.73 Å². The third-order valence-corrected chi connectivity index (χ3v) is 3.41. The molecule has 0 saturated heterocycles. The van der Waals surface area contributed by atoms with Gasteiger partial charge in [-0.1, -0.05) is 47.7 Å². The molecule has 100 valence electrons. The summed E-state index contributed by atoms with van der Waals surface area (Å²) in [4.78, 5) is 0. The summed E-state index contributed by atoms with van der Waals surface area (Å²) in [5.74, 6) is 0. The van der Waals surface area contributed by atoms with Gasteiger partial charge in [0.1, 0.15) is 0 Å². The van der Waals surface area contributed by atoms with Crippen LogP contribution in [0.15, 0.2) is 60.8 Å². The van der Waals surface area contributed by atoms with E-state index in [1.165, 1.54) is 5.56 Å². The fraction of sp³-hybridized carbons (Fsp3) is 0.125. The van der Waals surface area contributed by atoms with E-state index in [1.54, 1.807) is 6.20 Å². The van der Waals surface area contributed by atoms with Gasteiger partial charge in [0.05, 0.1) is 17.9 Å². The van der Waals surface area contributed by atoms with Crippen LogP contribution in [0.4, 0.5) is 5.69 Å². The van der Waals surface area contributed by atoms with Crippen LogP contribution in [0.5, 0.6) is 0 Å². The quantitative estimate of drug-likeness (QED) is 0.739. The van der Waals surface area contributed by atoms with Gasteiger partial charge in [-0.3, -0.25) is 0 Å². The molecule has 1 aromatic heterocycles. The standard InChI is InChI=1S/C16H16N4/c1-12(13-6-3-2-4-7-13)20-16(11-18-19-20)14-8-5-9-15(17)10-14/h2-12H,17H2,1H3. The van der Waals surface area contributed by atoms with Crippen molar-refractivity contribution in [2.45, 2.75) is 13.0 Å². The lowest BCUT2D eigenvalue weighted by Crippen LogP contribution is -2.10. The highest BCUT2D eigenvalue weighted by Crippen LogP contribution is 2.25. The van der Waals surface area contributed by atoms with Crippen LogP contribution in [0.1, 0.15) is 18.5 Å². The molecule has 0 amide bonds. The van der Waals surface area contributed by atoms with Crippen LogP contribution in [0.3, 0.4) is 0 Å². The number of nitrogens with zero attached hydrogens (tertiary/aromatic N) is 3. The van der Waals surface area contributed by atoms with E-state index in [2.05, 4.69) is 29.4 Å². The fourth-order valence-electron chi connectivity index (χ4n) is 2.31. The Morgan fingerprint density at radius 1 is 1.05 bits per heavy atom. The van der Waals surface area contributed by atoms with E-state index in [0.29, 0.717) is 0 Å². The van der Waals surface area contributed by atoms with E-state index in [1.807, 2.05) is 47.1 Å². The first-order valence-corrected chi connectivity index (χ1v) is 6.57. The molecule has 4 nitrogen and oxygen atoms in total. The zero-order chi connectivity index (χ0) is 13.9. The van der Waals surface area contributed by atoms with Crippen molar-refractivity contribution in [3.63, 3.8) is 0 Å². The average molecular weight is 264 g/mol. The zero-order valence-electron chi connectivity index (χ0n) is 11.3. The summed E-state index contributed by atoms with van der Waals surface area (Å²) in [6.07, 6.45) is 1.77. The normalized spacial score (nSPS) is 12.2. The Morgan fingerprint density at radius 3 is 2.60 bits per heavy atom.